The van der Waals surface area contributed by atoms with Crippen LogP contribution in [0.25, 0.3) is 0 Å². The van der Waals surface area contributed by atoms with Crippen molar-refractivity contribution in [3.8, 4) is 0 Å². The Hall–Kier alpha value is -2.47. The van der Waals surface area contributed by atoms with Crippen molar-refractivity contribution < 1.29 is 27.8 Å². The average molecular weight is 489 g/mol. The Balaban J connectivity index is 2.34. The number of benzene rings is 1. The first-order valence-electron chi connectivity index (χ1n) is 9.61. The van der Waals surface area contributed by atoms with Gasteiger partial charge in [-0.05, 0) is 37.6 Å². The predicted molar refractivity (Wildman–Crippen MR) is 118 cm³/mol. The highest BCUT2D eigenvalue weighted by atomic mass is 35.5. The second kappa shape index (κ2) is 10.4. The van der Waals surface area contributed by atoms with Gasteiger partial charge in [0.15, 0.2) is 0 Å². The zero-order valence-electron chi connectivity index (χ0n) is 18.1. The zero-order valence-corrected chi connectivity index (χ0v) is 19.7. The van der Waals surface area contributed by atoms with E-state index in [0.29, 0.717) is 22.5 Å². The van der Waals surface area contributed by atoms with Crippen LogP contribution < -0.4 is 5.32 Å². The van der Waals surface area contributed by atoms with Gasteiger partial charge < -0.3 is 15.5 Å². The van der Waals surface area contributed by atoms with E-state index in [4.69, 9.17) is 16.7 Å². The minimum absolute atomic E-state index is 0.0248. The molecule has 2 rings (SSSR count). The van der Waals surface area contributed by atoms with E-state index >= 15 is 0 Å². The third-order valence-corrected chi connectivity index (χ3v) is 7.00. The number of hydrogen-bond acceptors (Lipinski definition) is 5. The number of aryl methyl sites for hydroxylation is 1. The van der Waals surface area contributed by atoms with Gasteiger partial charge in [-0.15, -0.1) is 0 Å². The van der Waals surface area contributed by atoms with Gasteiger partial charge in [0.1, 0.15) is 10.7 Å². The van der Waals surface area contributed by atoms with Crippen LogP contribution >= 0.6 is 11.6 Å². The van der Waals surface area contributed by atoms with E-state index in [1.54, 1.807) is 13.0 Å². The number of hydrogen-bond donors (Lipinski definition) is 3. The number of amides is 1. The fourth-order valence-electron chi connectivity index (χ4n) is 3.15. The lowest BCUT2D eigenvalue weighted by Gasteiger charge is -2.15. The maximum Gasteiger partial charge on any atom is 0.404 e. The van der Waals surface area contributed by atoms with E-state index in [1.165, 1.54) is 37.8 Å². The summed E-state index contributed by atoms with van der Waals surface area (Å²) >= 11 is 6.21. The van der Waals surface area contributed by atoms with Crippen LogP contribution in [0.5, 0.6) is 0 Å². The molecule has 1 aromatic carbocycles. The molecule has 1 aromatic heterocycles. The number of aliphatic hydroxyl groups is 1. The van der Waals surface area contributed by atoms with Gasteiger partial charge in [0.05, 0.1) is 29.1 Å². The minimum atomic E-state index is -3.70. The Morgan fingerprint density at radius 1 is 1.41 bits per heavy atom. The van der Waals surface area contributed by atoms with Crippen molar-refractivity contribution in [2.75, 3.05) is 20.6 Å². The number of aromatic nitrogens is 2. The van der Waals surface area contributed by atoms with Gasteiger partial charge in [0.2, 0.25) is 10.0 Å². The number of rotatable bonds is 9. The molecule has 0 spiro atoms. The van der Waals surface area contributed by atoms with E-state index in [0.717, 1.165) is 10.4 Å². The summed E-state index contributed by atoms with van der Waals surface area (Å²) in [5.41, 5.74) is 2.04. The number of carboxylic acid groups (broad SMARTS) is 1. The molecule has 176 valence electrons. The number of aliphatic hydroxyl groups excluding tert-OH is 1. The van der Waals surface area contributed by atoms with Crippen LogP contribution in [0.15, 0.2) is 35.0 Å². The van der Waals surface area contributed by atoms with E-state index in [2.05, 4.69) is 10.4 Å². The molecule has 1 unspecified atom stereocenters. The number of carbonyl (C=O) groups is 1. The van der Waals surface area contributed by atoms with Crippen LogP contribution in [-0.4, -0.2) is 59.4 Å². The molecular weight excluding hydrogens is 463 g/mol. The van der Waals surface area contributed by atoms with E-state index < -0.39 is 28.0 Å². The molecule has 0 fully saturated rings. The molecule has 9 nitrogen and oxygen atoms in total. The summed E-state index contributed by atoms with van der Waals surface area (Å²) in [7, 11) is -0.878. The maximum absolute atomic E-state index is 14.3. The van der Waals surface area contributed by atoms with Crippen molar-refractivity contribution >= 4 is 27.7 Å². The van der Waals surface area contributed by atoms with Crippen LogP contribution in [0.2, 0.25) is 5.02 Å². The molecule has 0 aliphatic rings. The second-order valence-electron chi connectivity index (χ2n) is 7.35. The molecule has 0 saturated carbocycles. The van der Waals surface area contributed by atoms with Gasteiger partial charge in [-0.1, -0.05) is 17.7 Å². The van der Waals surface area contributed by atoms with Gasteiger partial charge in [0, 0.05) is 32.6 Å². The molecule has 32 heavy (non-hydrogen) atoms. The topological polar surface area (TPSA) is 125 Å². The molecule has 3 N–H and O–H groups in total. The van der Waals surface area contributed by atoms with Crippen molar-refractivity contribution in [3.05, 3.63) is 57.6 Å². The highest BCUT2D eigenvalue weighted by Crippen LogP contribution is 2.28. The van der Waals surface area contributed by atoms with Crippen LogP contribution in [0, 0.1) is 6.92 Å². The Bertz CT molecular complexity index is 1130. The first-order chi connectivity index (χ1) is 14.8. The fraction of sp³-hybridized carbons (Fsp3) is 0.400. The Morgan fingerprint density at radius 3 is 2.59 bits per heavy atom. The third-order valence-electron chi connectivity index (χ3n) is 4.70. The third kappa shape index (κ3) is 6.06. The smallest absolute Gasteiger partial charge is 0.404 e. The summed E-state index contributed by atoms with van der Waals surface area (Å²) in [5, 5.41) is 25.4. The Labute approximate surface area is 191 Å². The van der Waals surface area contributed by atoms with Crippen molar-refractivity contribution in [3.63, 3.8) is 0 Å². The first-order valence-corrected chi connectivity index (χ1v) is 11.4. The minimum Gasteiger partial charge on any atom is -0.465 e. The van der Waals surface area contributed by atoms with Crippen LogP contribution in [0.3, 0.4) is 0 Å². The van der Waals surface area contributed by atoms with Crippen molar-refractivity contribution in [1.29, 1.82) is 0 Å². The molecular formula is C20H26ClFN4O5S. The lowest BCUT2D eigenvalue weighted by Crippen LogP contribution is -2.22. The summed E-state index contributed by atoms with van der Waals surface area (Å²) in [6.45, 7) is 3.21. The summed E-state index contributed by atoms with van der Waals surface area (Å²) in [6, 6.07) is 4.52. The van der Waals surface area contributed by atoms with Gasteiger partial charge in [-0.25, -0.2) is 21.9 Å². The summed E-state index contributed by atoms with van der Waals surface area (Å²) in [6.07, 6.45) is -1.26. The van der Waals surface area contributed by atoms with Crippen LogP contribution in [-0.2, 0) is 23.0 Å². The summed E-state index contributed by atoms with van der Waals surface area (Å²) < 4.78 is 41.6. The number of nitrogens with one attached hydrogen (secondary N) is 1. The molecule has 1 amide bonds. The molecule has 0 bridgehead atoms. The SMILES string of the molecule is Cc1nn(Cc2ccc(S(=O)(=O)N(C)C)c(Cl)c2)c(C(C)O)c1CC(F)=CCNC(=O)O. The Kier molecular flexibility index (Phi) is 8.41. The largest absolute Gasteiger partial charge is 0.465 e. The Morgan fingerprint density at radius 2 is 2.06 bits per heavy atom. The molecule has 2 aromatic rings. The van der Waals surface area contributed by atoms with Gasteiger partial charge in [0.25, 0.3) is 0 Å². The fourth-order valence-corrected chi connectivity index (χ4v) is 4.59. The monoisotopic (exact) mass is 488 g/mol. The molecule has 0 aliphatic carbocycles. The molecule has 1 heterocycles. The highest BCUT2D eigenvalue weighted by molar-refractivity contribution is 7.89. The van der Waals surface area contributed by atoms with Crippen LogP contribution in [0.1, 0.15) is 35.5 Å². The maximum atomic E-state index is 14.3. The number of halogens is 2. The van der Waals surface area contributed by atoms with Gasteiger partial charge in [-0.3, -0.25) is 4.68 Å². The summed E-state index contributed by atoms with van der Waals surface area (Å²) in [5.74, 6) is -0.565. The summed E-state index contributed by atoms with van der Waals surface area (Å²) in [4.78, 5) is 10.5. The quantitative estimate of drug-likeness (QED) is 0.498. The lowest BCUT2D eigenvalue weighted by molar-refractivity contribution is 0.186. The van der Waals surface area contributed by atoms with Crippen molar-refractivity contribution in [2.24, 2.45) is 0 Å². The average Bonchev–Trinajstić information content (AvgIpc) is 2.96. The van der Waals surface area contributed by atoms with Gasteiger partial charge >= 0.3 is 6.09 Å². The lowest BCUT2D eigenvalue weighted by atomic mass is 10.1. The molecule has 0 radical (unpaired) electrons. The number of nitrogens with zero attached hydrogens (tertiary/aromatic N) is 3. The number of allylic oxidation sites excluding steroid dienone is 1. The first kappa shape index (κ1) is 25.8. The van der Waals surface area contributed by atoms with E-state index in [-0.39, 0.29) is 29.4 Å². The molecule has 0 saturated heterocycles. The highest BCUT2D eigenvalue weighted by Gasteiger charge is 2.23. The normalized spacial score (nSPS) is 13.4. The predicted octanol–water partition coefficient (Wildman–Crippen LogP) is 2.86. The molecule has 1 atom stereocenters. The number of sulfonamides is 1. The van der Waals surface area contributed by atoms with Gasteiger partial charge in [-0.2, -0.15) is 5.10 Å². The second-order valence-corrected chi connectivity index (χ2v) is 9.88. The van der Waals surface area contributed by atoms with Crippen LogP contribution in [0.4, 0.5) is 9.18 Å². The van der Waals surface area contributed by atoms with Crippen molar-refractivity contribution in [2.45, 2.75) is 37.8 Å². The molecule has 0 aliphatic heterocycles. The standard InChI is InChI=1S/C20H26ClFN4O5S/c1-12-16(10-15(22)7-8-23-20(28)29)19(13(2)27)26(24-12)11-14-5-6-18(17(21)9-14)32(30,31)25(3)4/h5-7,9,13,23,27H,8,10-11H2,1-4H3,(H,28,29). The molecule has 12 heteroatoms. The zero-order chi connectivity index (χ0) is 24.2. The van der Waals surface area contributed by atoms with E-state index in [9.17, 15) is 22.7 Å². The van der Waals surface area contributed by atoms with Crippen molar-refractivity contribution in [1.82, 2.24) is 19.4 Å². The van der Waals surface area contributed by atoms with E-state index in [1.807, 2.05) is 0 Å².